The molecule has 0 aliphatic rings. The second kappa shape index (κ2) is 10.4. The Hall–Kier alpha value is -4.18. The molecule has 0 atom stereocenters. The van der Waals surface area contributed by atoms with Gasteiger partial charge in [0.25, 0.3) is 11.5 Å². The highest BCUT2D eigenvalue weighted by molar-refractivity contribution is 5.70. The Labute approximate surface area is 205 Å². The van der Waals surface area contributed by atoms with Crippen molar-refractivity contribution >= 4 is 0 Å². The maximum atomic E-state index is 13.7. The normalized spacial score (nSPS) is 10.8. The van der Waals surface area contributed by atoms with Gasteiger partial charge in [0.2, 0.25) is 0 Å². The molecule has 0 N–H and O–H groups in total. The first-order chi connectivity index (χ1) is 16.9. The number of nitriles is 1. The smallest absolute Gasteiger partial charge is 0.264 e. The molecule has 7 nitrogen and oxygen atoms in total. The lowest BCUT2D eigenvalue weighted by Crippen LogP contribution is -2.30. The molecule has 0 radical (unpaired) electrons. The van der Waals surface area contributed by atoms with Crippen LogP contribution in [0.15, 0.2) is 53.3 Å². The van der Waals surface area contributed by atoms with Crippen LogP contribution in [0.2, 0.25) is 0 Å². The van der Waals surface area contributed by atoms with E-state index in [1.165, 1.54) is 4.57 Å². The highest BCUT2D eigenvalue weighted by Crippen LogP contribution is 2.24. The maximum Gasteiger partial charge on any atom is 0.264 e. The maximum absolute atomic E-state index is 13.7. The first-order valence-corrected chi connectivity index (χ1v) is 11.8. The van der Waals surface area contributed by atoms with Crippen LogP contribution in [0.4, 0.5) is 0 Å². The van der Waals surface area contributed by atoms with Crippen LogP contribution >= 0.6 is 0 Å². The number of benzene rings is 2. The van der Waals surface area contributed by atoms with E-state index in [1.54, 1.807) is 6.92 Å². The lowest BCUT2D eigenvalue weighted by atomic mass is 9.97. The summed E-state index contributed by atoms with van der Waals surface area (Å²) in [6.45, 7) is 7.62. The molecular formula is C28H28N6O. The van der Waals surface area contributed by atoms with Gasteiger partial charge in [0.05, 0.1) is 28.7 Å². The minimum absolute atomic E-state index is 0.160. The number of hydrogen-bond donors (Lipinski definition) is 0. The molecule has 176 valence electrons. The SMILES string of the molecule is CCCCc1nc(C)n(-c2nnc(C)c(C)n2)c(=O)c1Cc1ccc(-c2ccccc2C#N)cc1. The summed E-state index contributed by atoms with van der Waals surface area (Å²) in [4.78, 5) is 23.0. The molecule has 35 heavy (non-hydrogen) atoms. The van der Waals surface area contributed by atoms with Gasteiger partial charge in [0, 0.05) is 12.0 Å². The van der Waals surface area contributed by atoms with Crippen molar-refractivity contribution in [2.45, 2.75) is 53.4 Å². The first kappa shape index (κ1) is 24.0. The second-order valence-electron chi connectivity index (χ2n) is 8.64. The predicted octanol–water partition coefficient (Wildman–Crippen LogP) is 4.81. The van der Waals surface area contributed by atoms with Gasteiger partial charge in [-0.05, 0) is 56.4 Å². The second-order valence-corrected chi connectivity index (χ2v) is 8.64. The lowest BCUT2D eigenvalue weighted by Gasteiger charge is -2.15. The fourth-order valence-corrected chi connectivity index (χ4v) is 4.06. The van der Waals surface area contributed by atoms with Crippen LogP contribution in [-0.2, 0) is 12.8 Å². The van der Waals surface area contributed by atoms with Crippen molar-refractivity contribution in [3.8, 4) is 23.1 Å². The molecule has 0 unspecified atom stereocenters. The number of hydrogen-bond acceptors (Lipinski definition) is 6. The first-order valence-electron chi connectivity index (χ1n) is 11.8. The van der Waals surface area contributed by atoms with Gasteiger partial charge in [-0.25, -0.2) is 14.5 Å². The van der Waals surface area contributed by atoms with Crippen LogP contribution in [0, 0.1) is 32.1 Å². The molecule has 0 spiro atoms. The molecule has 0 aliphatic heterocycles. The zero-order valence-electron chi connectivity index (χ0n) is 20.5. The third-order valence-electron chi connectivity index (χ3n) is 6.17. The summed E-state index contributed by atoms with van der Waals surface area (Å²) < 4.78 is 1.46. The van der Waals surface area contributed by atoms with E-state index in [0.29, 0.717) is 23.4 Å². The summed E-state index contributed by atoms with van der Waals surface area (Å²) in [6, 6.07) is 17.8. The average Bonchev–Trinajstić information content (AvgIpc) is 2.87. The molecule has 2 heterocycles. The monoisotopic (exact) mass is 464 g/mol. The van der Waals surface area contributed by atoms with Crippen molar-refractivity contribution in [2.24, 2.45) is 0 Å². The van der Waals surface area contributed by atoms with Crippen LogP contribution in [0.5, 0.6) is 0 Å². The molecule has 0 fully saturated rings. The van der Waals surface area contributed by atoms with Gasteiger partial charge in [-0.1, -0.05) is 55.8 Å². The van der Waals surface area contributed by atoms with E-state index < -0.39 is 0 Å². The van der Waals surface area contributed by atoms with Gasteiger partial charge in [-0.15, -0.1) is 5.10 Å². The van der Waals surface area contributed by atoms with Crippen molar-refractivity contribution in [3.05, 3.63) is 98.5 Å². The number of aryl methyl sites for hydroxylation is 4. The molecule has 0 saturated carbocycles. The summed E-state index contributed by atoms with van der Waals surface area (Å²) >= 11 is 0. The van der Waals surface area contributed by atoms with Gasteiger partial charge < -0.3 is 0 Å². The van der Waals surface area contributed by atoms with Crippen LogP contribution in [0.25, 0.3) is 17.1 Å². The summed E-state index contributed by atoms with van der Waals surface area (Å²) in [7, 11) is 0. The van der Waals surface area contributed by atoms with E-state index in [4.69, 9.17) is 4.98 Å². The standard InChI is InChI=1S/C28H28N6O/c1-5-6-11-26-25(27(35)34(20(4)31-26)28-30-18(2)19(3)32-33-28)16-21-12-14-22(15-13-21)24-10-8-7-9-23(24)17-29/h7-10,12-15H,5-6,11,16H2,1-4H3. The molecule has 7 heteroatoms. The van der Waals surface area contributed by atoms with Gasteiger partial charge in [0.15, 0.2) is 0 Å². The number of nitrogens with zero attached hydrogens (tertiary/aromatic N) is 6. The van der Waals surface area contributed by atoms with E-state index >= 15 is 0 Å². The molecule has 0 aliphatic carbocycles. The molecule has 4 rings (SSSR count). The van der Waals surface area contributed by atoms with E-state index in [1.807, 2.05) is 62.4 Å². The van der Waals surface area contributed by atoms with Crippen molar-refractivity contribution in [1.82, 2.24) is 24.7 Å². The van der Waals surface area contributed by atoms with E-state index in [9.17, 15) is 10.1 Å². The van der Waals surface area contributed by atoms with Crippen molar-refractivity contribution < 1.29 is 0 Å². The summed E-state index contributed by atoms with van der Waals surface area (Å²) in [5.41, 5.74) is 6.25. The summed E-state index contributed by atoms with van der Waals surface area (Å²) in [5, 5.41) is 17.7. The third kappa shape index (κ3) is 5.02. The molecule has 0 saturated heterocycles. The fraction of sp³-hybridized carbons (Fsp3) is 0.286. The highest BCUT2D eigenvalue weighted by atomic mass is 16.1. The number of aromatic nitrogens is 5. The van der Waals surface area contributed by atoms with Crippen molar-refractivity contribution in [2.75, 3.05) is 0 Å². The van der Waals surface area contributed by atoms with Crippen LogP contribution < -0.4 is 5.56 Å². The van der Waals surface area contributed by atoms with Crippen LogP contribution in [-0.4, -0.2) is 24.7 Å². The lowest BCUT2D eigenvalue weighted by molar-refractivity contribution is 0.707. The average molecular weight is 465 g/mol. The summed E-state index contributed by atoms with van der Waals surface area (Å²) in [5.74, 6) is 0.799. The molecular weight excluding hydrogens is 436 g/mol. The quantitative estimate of drug-likeness (QED) is 0.389. The van der Waals surface area contributed by atoms with Crippen LogP contribution in [0.3, 0.4) is 0 Å². The number of rotatable bonds is 7. The Bertz CT molecular complexity index is 1460. The molecule has 2 aromatic heterocycles. The molecule has 0 bridgehead atoms. The Morgan fingerprint density at radius 3 is 2.37 bits per heavy atom. The summed E-state index contributed by atoms with van der Waals surface area (Å²) in [6.07, 6.45) is 3.15. The molecule has 4 aromatic rings. The fourth-order valence-electron chi connectivity index (χ4n) is 4.06. The Morgan fingerprint density at radius 1 is 0.943 bits per heavy atom. The molecule has 0 amide bonds. The number of unbranched alkanes of at least 4 members (excludes halogenated alkanes) is 1. The van der Waals surface area contributed by atoms with E-state index in [-0.39, 0.29) is 11.5 Å². The van der Waals surface area contributed by atoms with E-state index in [2.05, 4.69) is 28.2 Å². The highest BCUT2D eigenvalue weighted by Gasteiger charge is 2.18. The zero-order chi connectivity index (χ0) is 24.9. The van der Waals surface area contributed by atoms with Gasteiger partial charge in [0.1, 0.15) is 5.82 Å². The van der Waals surface area contributed by atoms with E-state index in [0.717, 1.165) is 53.0 Å². The third-order valence-corrected chi connectivity index (χ3v) is 6.17. The minimum Gasteiger partial charge on any atom is -0.268 e. The van der Waals surface area contributed by atoms with Crippen molar-refractivity contribution in [1.29, 1.82) is 5.26 Å². The molecule has 2 aromatic carbocycles. The van der Waals surface area contributed by atoms with Gasteiger partial charge >= 0.3 is 0 Å². The van der Waals surface area contributed by atoms with Crippen molar-refractivity contribution in [3.63, 3.8) is 0 Å². The Morgan fingerprint density at radius 2 is 1.69 bits per heavy atom. The zero-order valence-corrected chi connectivity index (χ0v) is 20.5. The van der Waals surface area contributed by atoms with Crippen LogP contribution in [0.1, 0.15) is 59.4 Å². The Kier molecular flexibility index (Phi) is 7.11. The topological polar surface area (TPSA) is 97.3 Å². The predicted molar refractivity (Wildman–Crippen MR) is 135 cm³/mol. The minimum atomic E-state index is -0.160. The Balaban J connectivity index is 1.76. The van der Waals surface area contributed by atoms with Gasteiger partial charge in [-0.2, -0.15) is 10.4 Å². The largest absolute Gasteiger partial charge is 0.268 e. The van der Waals surface area contributed by atoms with Gasteiger partial charge in [-0.3, -0.25) is 4.79 Å².